The fourth-order valence-electron chi connectivity index (χ4n) is 4.23. The molecular weight excluding hydrogens is 502 g/mol. The molecule has 2 aromatic heterocycles. The van der Waals surface area contributed by atoms with E-state index in [0.717, 1.165) is 5.56 Å². The summed E-state index contributed by atoms with van der Waals surface area (Å²) in [4.78, 5) is 12.8. The lowest BCUT2D eigenvalue weighted by Crippen LogP contribution is -2.43. The third-order valence-electron chi connectivity index (χ3n) is 5.98. The summed E-state index contributed by atoms with van der Waals surface area (Å²) in [6.45, 7) is 3.41. The van der Waals surface area contributed by atoms with Crippen LogP contribution in [0.2, 0.25) is 0 Å². The minimum absolute atomic E-state index is 0.0116. The number of aromatic nitrogens is 3. The number of ether oxygens (including phenoxy) is 1. The zero-order valence-electron chi connectivity index (χ0n) is 18.9. The van der Waals surface area contributed by atoms with Gasteiger partial charge in [0.2, 0.25) is 0 Å². The molecule has 1 aliphatic heterocycles. The van der Waals surface area contributed by atoms with E-state index in [9.17, 15) is 31.4 Å². The SMILES string of the molecule is C=Cc1ccc(N2c3cccc(-c4nc5c(C(F)(F)F)cc(C(F)(F)F)cc5[nH]4)c3OC[C@@H]2CO)nc1. The standard InChI is InChI=1S/C25H18F6N4O2/c1-2-13-6-7-20(32-10-13)35-15(11-36)12-37-22-16(4-3-5-19(22)35)23-33-18-9-14(24(26,27)28)8-17(21(18)34-23)25(29,30)31/h2-10,15,36H,1,11-12H2,(H,33,34)/t15-/m0/s1. The molecule has 0 saturated carbocycles. The van der Waals surface area contributed by atoms with Crippen LogP contribution in [-0.4, -0.2) is 39.3 Å². The largest absolute Gasteiger partial charge is 0.488 e. The number of hydrogen-bond acceptors (Lipinski definition) is 5. The number of imidazole rings is 1. The van der Waals surface area contributed by atoms with E-state index in [1.54, 1.807) is 41.4 Å². The molecular formula is C25H18F6N4O2. The minimum Gasteiger partial charge on any atom is -0.488 e. The Hall–Kier alpha value is -4.06. The van der Waals surface area contributed by atoms with Crippen LogP contribution >= 0.6 is 0 Å². The number of rotatable bonds is 4. The molecule has 0 unspecified atom stereocenters. The van der Waals surface area contributed by atoms with Crippen molar-refractivity contribution in [3.8, 4) is 17.1 Å². The number of anilines is 2. The van der Waals surface area contributed by atoms with Gasteiger partial charge in [0.15, 0.2) is 5.75 Å². The second-order valence-corrected chi connectivity index (χ2v) is 8.33. The Bertz CT molecular complexity index is 1480. The number of aromatic amines is 1. The van der Waals surface area contributed by atoms with E-state index in [-0.39, 0.29) is 36.4 Å². The van der Waals surface area contributed by atoms with Crippen LogP contribution < -0.4 is 9.64 Å². The lowest BCUT2D eigenvalue weighted by molar-refractivity contribution is -0.142. The zero-order chi connectivity index (χ0) is 26.5. The summed E-state index contributed by atoms with van der Waals surface area (Å²) >= 11 is 0. The molecule has 0 spiro atoms. The van der Waals surface area contributed by atoms with Gasteiger partial charge >= 0.3 is 12.4 Å². The van der Waals surface area contributed by atoms with Gasteiger partial charge in [0.25, 0.3) is 0 Å². The maximum atomic E-state index is 13.7. The molecule has 0 bridgehead atoms. The third kappa shape index (κ3) is 4.37. The van der Waals surface area contributed by atoms with Crippen LogP contribution in [0.1, 0.15) is 16.7 Å². The number of aliphatic hydroxyl groups excluding tert-OH is 1. The van der Waals surface area contributed by atoms with Gasteiger partial charge in [0, 0.05) is 6.20 Å². The molecule has 2 N–H and O–H groups in total. The average Bonchev–Trinajstić information content (AvgIpc) is 3.30. The molecule has 192 valence electrons. The van der Waals surface area contributed by atoms with Gasteiger partial charge in [0.1, 0.15) is 23.8 Å². The van der Waals surface area contributed by atoms with Crippen molar-refractivity contribution in [3.05, 3.63) is 71.9 Å². The highest BCUT2D eigenvalue weighted by atomic mass is 19.4. The molecule has 5 rings (SSSR count). The molecule has 1 atom stereocenters. The number of H-pyrrole nitrogens is 1. The summed E-state index contributed by atoms with van der Waals surface area (Å²) in [7, 11) is 0. The van der Waals surface area contributed by atoms with E-state index in [1.807, 2.05) is 0 Å². The van der Waals surface area contributed by atoms with E-state index in [1.165, 1.54) is 6.07 Å². The quantitative estimate of drug-likeness (QED) is 0.314. The molecule has 4 aromatic rings. The number of alkyl halides is 6. The fourth-order valence-corrected chi connectivity index (χ4v) is 4.23. The zero-order valence-corrected chi connectivity index (χ0v) is 18.9. The molecule has 2 aromatic carbocycles. The highest BCUT2D eigenvalue weighted by Crippen LogP contribution is 2.45. The van der Waals surface area contributed by atoms with Crippen LogP contribution in [0.15, 0.2) is 55.2 Å². The Balaban J connectivity index is 1.67. The van der Waals surface area contributed by atoms with E-state index >= 15 is 0 Å². The maximum Gasteiger partial charge on any atom is 0.418 e. The lowest BCUT2D eigenvalue weighted by atomic mass is 10.1. The van der Waals surface area contributed by atoms with Gasteiger partial charge in [-0.1, -0.05) is 18.7 Å². The van der Waals surface area contributed by atoms with Crippen LogP contribution in [0.3, 0.4) is 0 Å². The van der Waals surface area contributed by atoms with Crippen LogP contribution in [0, 0.1) is 0 Å². The summed E-state index contributed by atoms with van der Waals surface area (Å²) in [5.74, 6) is 0.602. The number of hydrogen-bond donors (Lipinski definition) is 2. The molecule has 0 radical (unpaired) electrons. The fraction of sp³-hybridized carbons (Fsp3) is 0.200. The number of nitrogens with one attached hydrogen (secondary N) is 1. The molecule has 12 heteroatoms. The predicted molar refractivity (Wildman–Crippen MR) is 124 cm³/mol. The van der Waals surface area contributed by atoms with Crippen molar-refractivity contribution < 1.29 is 36.2 Å². The second-order valence-electron chi connectivity index (χ2n) is 8.33. The van der Waals surface area contributed by atoms with E-state index in [2.05, 4.69) is 21.5 Å². The lowest BCUT2D eigenvalue weighted by Gasteiger charge is -2.37. The van der Waals surface area contributed by atoms with Gasteiger partial charge < -0.3 is 19.7 Å². The first kappa shape index (κ1) is 24.6. The Kier molecular flexibility index (Phi) is 5.86. The maximum absolute atomic E-state index is 13.7. The Morgan fingerprint density at radius 3 is 2.51 bits per heavy atom. The van der Waals surface area contributed by atoms with E-state index in [4.69, 9.17) is 4.74 Å². The van der Waals surface area contributed by atoms with Crippen LogP contribution in [0.5, 0.6) is 5.75 Å². The number of para-hydroxylation sites is 1. The van der Waals surface area contributed by atoms with Crippen molar-refractivity contribution in [2.75, 3.05) is 18.1 Å². The Morgan fingerprint density at radius 2 is 1.89 bits per heavy atom. The topological polar surface area (TPSA) is 74.3 Å². The Morgan fingerprint density at radius 1 is 1.11 bits per heavy atom. The number of fused-ring (bicyclic) bond motifs is 2. The van der Waals surface area contributed by atoms with Crippen molar-refractivity contribution in [3.63, 3.8) is 0 Å². The number of halogens is 6. The third-order valence-corrected chi connectivity index (χ3v) is 5.98. The molecule has 0 saturated heterocycles. The summed E-state index contributed by atoms with van der Waals surface area (Å²) in [6, 6.07) is 8.42. The minimum atomic E-state index is -5.06. The van der Waals surface area contributed by atoms with Gasteiger partial charge in [-0.15, -0.1) is 0 Å². The highest BCUT2D eigenvalue weighted by molar-refractivity contribution is 5.87. The first-order valence-electron chi connectivity index (χ1n) is 10.9. The van der Waals surface area contributed by atoms with Crippen molar-refractivity contribution in [2.24, 2.45) is 0 Å². The molecule has 0 fully saturated rings. The second kappa shape index (κ2) is 8.80. The van der Waals surface area contributed by atoms with Crippen molar-refractivity contribution in [1.29, 1.82) is 0 Å². The highest BCUT2D eigenvalue weighted by Gasteiger charge is 2.39. The molecule has 37 heavy (non-hydrogen) atoms. The average molecular weight is 520 g/mol. The number of nitrogens with zero attached hydrogens (tertiary/aromatic N) is 3. The predicted octanol–water partition coefficient (Wildman–Crippen LogP) is 6.20. The van der Waals surface area contributed by atoms with Crippen LogP contribution in [0.25, 0.3) is 28.5 Å². The number of aliphatic hydroxyl groups is 1. The van der Waals surface area contributed by atoms with Gasteiger partial charge in [-0.2, -0.15) is 26.3 Å². The molecule has 3 heterocycles. The molecule has 0 amide bonds. The van der Waals surface area contributed by atoms with Gasteiger partial charge in [-0.3, -0.25) is 0 Å². The first-order chi connectivity index (χ1) is 17.5. The smallest absolute Gasteiger partial charge is 0.418 e. The van der Waals surface area contributed by atoms with Gasteiger partial charge in [0.05, 0.1) is 40.5 Å². The van der Waals surface area contributed by atoms with E-state index < -0.39 is 40.6 Å². The summed E-state index contributed by atoms with van der Waals surface area (Å²) in [5, 5.41) is 9.95. The van der Waals surface area contributed by atoms with Gasteiger partial charge in [-0.25, -0.2) is 9.97 Å². The van der Waals surface area contributed by atoms with Crippen molar-refractivity contribution >= 4 is 28.6 Å². The summed E-state index contributed by atoms with van der Waals surface area (Å²) < 4.78 is 86.7. The normalized spacial score (nSPS) is 16.0. The summed E-state index contributed by atoms with van der Waals surface area (Å²) in [6.07, 6.45) is -6.84. The van der Waals surface area contributed by atoms with Crippen molar-refractivity contribution in [2.45, 2.75) is 18.4 Å². The molecule has 0 aliphatic carbocycles. The van der Waals surface area contributed by atoms with Gasteiger partial charge in [-0.05, 0) is 42.0 Å². The Labute approximate surface area is 205 Å². The first-order valence-corrected chi connectivity index (χ1v) is 10.9. The number of pyridine rings is 1. The molecule has 1 aliphatic rings. The summed E-state index contributed by atoms with van der Waals surface area (Å²) in [5.41, 5.74) is -2.55. The van der Waals surface area contributed by atoms with Crippen LogP contribution in [-0.2, 0) is 12.4 Å². The monoisotopic (exact) mass is 520 g/mol. The van der Waals surface area contributed by atoms with Crippen molar-refractivity contribution in [1.82, 2.24) is 15.0 Å². The number of benzene rings is 2. The molecule has 6 nitrogen and oxygen atoms in total. The van der Waals surface area contributed by atoms with Crippen LogP contribution in [0.4, 0.5) is 37.8 Å². The van der Waals surface area contributed by atoms with E-state index in [0.29, 0.717) is 17.6 Å².